The third-order valence-electron chi connectivity index (χ3n) is 5.15. The Morgan fingerprint density at radius 3 is 2.78 bits per heavy atom. The number of nitrogens with zero attached hydrogens (tertiary/aromatic N) is 2. The van der Waals surface area contributed by atoms with Crippen LogP contribution in [0.2, 0.25) is 0 Å². The maximum atomic E-state index is 13.2. The molecule has 6 heteroatoms. The normalized spacial score (nSPS) is 14.7. The Labute approximate surface area is 161 Å². The summed E-state index contributed by atoms with van der Waals surface area (Å²) in [5.41, 5.74) is 1.93. The van der Waals surface area contributed by atoms with Gasteiger partial charge in [0, 0.05) is 4.88 Å². The van der Waals surface area contributed by atoms with Crippen molar-refractivity contribution in [2.45, 2.75) is 52.2 Å². The summed E-state index contributed by atoms with van der Waals surface area (Å²) in [5, 5.41) is 0.697. The molecule has 0 amide bonds. The summed E-state index contributed by atoms with van der Waals surface area (Å²) < 4.78 is 6.92. The zero-order valence-electron chi connectivity index (χ0n) is 15.5. The fourth-order valence-corrected chi connectivity index (χ4v) is 5.03. The van der Waals surface area contributed by atoms with Crippen molar-refractivity contribution in [3.8, 4) is 0 Å². The lowest BCUT2D eigenvalue weighted by Crippen LogP contribution is -2.32. The van der Waals surface area contributed by atoms with Gasteiger partial charge in [-0.15, -0.1) is 11.3 Å². The van der Waals surface area contributed by atoms with Crippen molar-refractivity contribution in [2.75, 3.05) is 0 Å². The molecular formula is C21H22N2O3S. The first-order valence-corrected chi connectivity index (χ1v) is 10.1. The van der Waals surface area contributed by atoms with E-state index >= 15 is 0 Å². The Morgan fingerprint density at radius 2 is 2.00 bits per heavy atom. The molecule has 27 heavy (non-hydrogen) atoms. The minimum Gasteiger partial charge on any atom is -0.459 e. The summed E-state index contributed by atoms with van der Waals surface area (Å²) in [5.74, 6) is 0.129. The molecule has 0 saturated carbocycles. The molecule has 4 rings (SSSR count). The molecule has 1 atom stereocenters. The van der Waals surface area contributed by atoms with E-state index in [1.54, 1.807) is 25.2 Å². The number of aryl methyl sites for hydroxylation is 3. The van der Waals surface area contributed by atoms with Crippen LogP contribution in [0.1, 0.15) is 47.6 Å². The lowest BCUT2D eigenvalue weighted by atomic mass is 9.97. The van der Waals surface area contributed by atoms with E-state index in [9.17, 15) is 9.59 Å². The van der Waals surface area contributed by atoms with E-state index in [1.165, 1.54) is 9.44 Å². The lowest BCUT2D eigenvalue weighted by molar-refractivity contribution is -0.148. The number of fused-ring (bicyclic) bond motifs is 3. The fourth-order valence-electron chi connectivity index (χ4n) is 3.73. The Hall–Kier alpha value is -2.47. The van der Waals surface area contributed by atoms with E-state index in [-0.39, 0.29) is 12.2 Å². The van der Waals surface area contributed by atoms with Gasteiger partial charge in [-0.05, 0) is 50.7 Å². The molecule has 1 aliphatic carbocycles. The van der Waals surface area contributed by atoms with Gasteiger partial charge >= 0.3 is 5.97 Å². The van der Waals surface area contributed by atoms with Gasteiger partial charge in [-0.25, -0.2) is 9.78 Å². The second-order valence-electron chi connectivity index (χ2n) is 6.99. The molecular weight excluding hydrogens is 360 g/mol. The molecule has 1 unspecified atom stereocenters. The van der Waals surface area contributed by atoms with Crippen molar-refractivity contribution in [3.05, 3.63) is 62.5 Å². The predicted octanol–water partition coefficient (Wildman–Crippen LogP) is 3.95. The first-order chi connectivity index (χ1) is 13.1. The van der Waals surface area contributed by atoms with Gasteiger partial charge in [0.1, 0.15) is 23.3 Å². The number of carbonyl (C=O) groups excluding carboxylic acids is 1. The van der Waals surface area contributed by atoms with E-state index in [4.69, 9.17) is 4.74 Å². The molecule has 0 bridgehead atoms. The first-order valence-electron chi connectivity index (χ1n) is 9.30. The molecule has 2 aromatic heterocycles. The van der Waals surface area contributed by atoms with Crippen molar-refractivity contribution in [1.29, 1.82) is 0 Å². The molecule has 1 aliphatic rings. The molecule has 0 N–H and O–H groups in total. The highest BCUT2D eigenvalue weighted by Crippen LogP contribution is 2.34. The molecule has 1 aromatic carbocycles. The molecule has 2 heterocycles. The number of ether oxygens (including phenoxy) is 1. The van der Waals surface area contributed by atoms with Crippen LogP contribution in [0.4, 0.5) is 0 Å². The number of hydrogen-bond donors (Lipinski definition) is 0. The molecule has 0 saturated heterocycles. The molecule has 3 aromatic rings. The average Bonchev–Trinajstić information content (AvgIpc) is 3.05. The molecule has 0 spiro atoms. The van der Waals surface area contributed by atoms with E-state index in [0.29, 0.717) is 11.2 Å². The summed E-state index contributed by atoms with van der Waals surface area (Å²) in [6.07, 6.45) is 4.20. The van der Waals surface area contributed by atoms with Crippen LogP contribution in [-0.4, -0.2) is 15.5 Å². The lowest BCUT2D eigenvalue weighted by Gasteiger charge is -2.17. The third kappa shape index (κ3) is 3.30. The van der Waals surface area contributed by atoms with Gasteiger partial charge in [0.2, 0.25) is 0 Å². The molecule has 5 nitrogen and oxygen atoms in total. The average molecular weight is 382 g/mol. The van der Waals surface area contributed by atoms with Crippen LogP contribution in [0.5, 0.6) is 0 Å². The highest BCUT2D eigenvalue weighted by Gasteiger charge is 2.25. The molecule has 0 fully saturated rings. The van der Waals surface area contributed by atoms with Gasteiger partial charge in [0.25, 0.3) is 5.56 Å². The Balaban J connectivity index is 1.66. The number of carbonyl (C=O) groups is 1. The van der Waals surface area contributed by atoms with Crippen molar-refractivity contribution in [1.82, 2.24) is 9.55 Å². The minimum atomic E-state index is -0.711. The summed E-state index contributed by atoms with van der Waals surface area (Å²) in [6, 6.07) is 8.82. The zero-order valence-corrected chi connectivity index (χ0v) is 16.3. The number of esters is 1. The van der Waals surface area contributed by atoms with E-state index in [1.807, 2.05) is 30.3 Å². The van der Waals surface area contributed by atoms with Gasteiger partial charge in [0.15, 0.2) is 0 Å². The van der Waals surface area contributed by atoms with Crippen LogP contribution < -0.4 is 5.56 Å². The van der Waals surface area contributed by atoms with Crippen LogP contribution in [0.25, 0.3) is 10.2 Å². The van der Waals surface area contributed by atoms with Gasteiger partial charge in [-0.2, -0.15) is 0 Å². The first kappa shape index (κ1) is 17.9. The van der Waals surface area contributed by atoms with Crippen molar-refractivity contribution >= 4 is 27.5 Å². The number of aromatic nitrogens is 2. The van der Waals surface area contributed by atoms with Crippen molar-refractivity contribution in [2.24, 2.45) is 0 Å². The fraction of sp³-hybridized carbons (Fsp3) is 0.381. The predicted molar refractivity (Wildman–Crippen MR) is 106 cm³/mol. The second-order valence-corrected chi connectivity index (χ2v) is 8.08. The second kappa shape index (κ2) is 7.27. The van der Waals surface area contributed by atoms with E-state index in [0.717, 1.165) is 41.6 Å². The molecule has 0 aliphatic heterocycles. The van der Waals surface area contributed by atoms with Crippen LogP contribution in [0.3, 0.4) is 0 Å². The number of rotatable bonds is 4. The topological polar surface area (TPSA) is 61.2 Å². The maximum Gasteiger partial charge on any atom is 0.329 e. The summed E-state index contributed by atoms with van der Waals surface area (Å²) >= 11 is 1.62. The van der Waals surface area contributed by atoms with E-state index < -0.39 is 12.0 Å². The Morgan fingerprint density at radius 1 is 1.26 bits per heavy atom. The highest BCUT2D eigenvalue weighted by atomic mass is 32.1. The largest absolute Gasteiger partial charge is 0.459 e. The summed E-state index contributed by atoms with van der Waals surface area (Å²) in [7, 11) is 0. The van der Waals surface area contributed by atoms with Crippen LogP contribution in [0.15, 0.2) is 35.1 Å². The summed E-state index contributed by atoms with van der Waals surface area (Å²) in [6.45, 7) is 3.68. The van der Waals surface area contributed by atoms with E-state index in [2.05, 4.69) is 4.98 Å². The Bertz CT molecular complexity index is 1050. The number of thiophene rings is 1. The van der Waals surface area contributed by atoms with Gasteiger partial charge in [0.05, 0.1) is 5.39 Å². The van der Waals surface area contributed by atoms with Crippen LogP contribution >= 0.6 is 11.3 Å². The smallest absolute Gasteiger partial charge is 0.329 e. The summed E-state index contributed by atoms with van der Waals surface area (Å²) in [4.78, 5) is 32.5. The van der Waals surface area contributed by atoms with Crippen molar-refractivity contribution < 1.29 is 9.53 Å². The monoisotopic (exact) mass is 382 g/mol. The van der Waals surface area contributed by atoms with Crippen LogP contribution in [-0.2, 0) is 29.0 Å². The zero-order chi connectivity index (χ0) is 19.0. The SMILES string of the molecule is Cc1nc2sc3c(c2c(=O)n1C(C)C(=O)OCc1ccccc1)CCCC3. The standard InChI is InChI=1S/C21H22N2O3S/c1-13(21(25)26-12-15-8-4-3-5-9-15)23-14(2)22-19-18(20(23)24)16-10-6-7-11-17(16)27-19/h3-5,8-9,13H,6-7,10-12H2,1-2H3. The number of hydrogen-bond acceptors (Lipinski definition) is 5. The third-order valence-corrected chi connectivity index (χ3v) is 6.34. The molecule has 0 radical (unpaired) electrons. The quantitative estimate of drug-likeness (QED) is 0.641. The van der Waals surface area contributed by atoms with Gasteiger partial charge < -0.3 is 4.74 Å². The highest BCUT2D eigenvalue weighted by molar-refractivity contribution is 7.18. The van der Waals surface area contributed by atoms with Crippen LogP contribution in [0, 0.1) is 6.92 Å². The maximum absolute atomic E-state index is 13.2. The number of benzene rings is 1. The van der Waals surface area contributed by atoms with Crippen molar-refractivity contribution in [3.63, 3.8) is 0 Å². The molecule has 140 valence electrons. The minimum absolute atomic E-state index is 0.124. The van der Waals surface area contributed by atoms with Gasteiger partial charge in [-0.1, -0.05) is 30.3 Å². The Kier molecular flexibility index (Phi) is 4.83. The van der Waals surface area contributed by atoms with Gasteiger partial charge in [-0.3, -0.25) is 9.36 Å².